The number of thioether (sulfide) groups is 1. The van der Waals surface area contributed by atoms with E-state index in [1.165, 1.54) is 54.9 Å². The fourth-order valence-electron chi connectivity index (χ4n) is 4.73. The summed E-state index contributed by atoms with van der Waals surface area (Å²) in [6, 6.07) is 14.0. The second-order valence-electron chi connectivity index (χ2n) is 8.39. The molecule has 1 aliphatic heterocycles. The van der Waals surface area contributed by atoms with E-state index in [4.69, 9.17) is 0 Å². The van der Waals surface area contributed by atoms with Crippen molar-refractivity contribution in [2.45, 2.75) is 63.3 Å². The topological polar surface area (TPSA) is 32.3 Å². The molecule has 0 saturated heterocycles. The highest BCUT2D eigenvalue weighted by molar-refractivity contribution is 7.99. The molecule has 29 heavy (non-hydrogen) atoms. The molecule has 1 atom stereocenters. The number of nitrogens with one attached hydrogen (secondary N) is 1. The number of nitrogens with zero attached hydrogens (tertiary/aromatic N) is 1. The monoisotopic (exact) mass is 408 g/mol. The molecule has 2 aromatic carbocycles. The van der Waals surface area contributed by atoms with E-state index in [2.05, 4.69) is 41.4 Å². The van der Waals surface area contributed by atoms with Crippen molar-refractivity contribution in [1.29, 1.82) is 0 Å². The molecule has 0 aromatic heterocycles. The molecular formula is C25H32N2OS. The summed E-state index contributed by atoms with van der Waals surface area (Å²) in [6.07, 6.45) is 7.21. The molecule has 2 aromatic rings. The molecule has 0 bridgehead atoms. The molecule has 0 saturated carbocycles. The fourth-order valence-corrected chi connectivity index (χ4v) is 5.84. The Balaban J connectivity index is 1.39. The maximum Gasteiger partial charge on any atom is 0.221 e. The van der Waals surface area contributed by atoms with Crippen LogP contribution in [0.3, 0.4) is 0 Å². The first-order valence-corrected chi connectivity index (χ1v) is 12.0. The van der Waals surface area contributed by atoms with E-state index in [1.54, 1.807) is 23.6 Å². The Morgan fingerprint density at radius 1 is 1.10 bits per heavy atom. The van der Waals surface area contributed by atoms with Crippen LogP contribution in [0.2, 0.25) is 0 Å². The van der Waals surface area contributed by atoms with E-state index >= 15 is 0 Å². The van der Waals surface area contributed by atoms with Gasteiger partial charge in [-0.2, -0.15) is 0 Å². The number of fused-ring (bicyclic) bond motifs is 2. The molecule has 4 heteroatoms. The van der Waals surface area contributed by atoms with E-state index in [-0.39, 0.29) is 5.91 Å². The van der Waals surface area contributed by atoms with Crippen molar-refractivity contribution >= 4 is 23.4 Å². The Labute approximate surface area is 179 Å². The van der Waals surface area contributed by atoms with Crippen molar-refractivity contribution in [1.82, 2.24) is 4.90 Å². The van der Waals surface area contributed by atoms with Crippen molar-refractivity contribution in [3.05, 3.63) is 58.7 Å². The average Bonchev–Trinajstić information content (AvgIpc) is 3.17. The number of anilines is 1. The minimum atomic E-state index is -0.0199. The van der Waals surface area contributed by atoms with Crippen LogP contribution in [-0.2, 0) is 30.5 Å². The molecule has 2 aliphatic rings. The normalized spacial score (nSPS) is 17.8. The summed E-state index contributed by atoms with van der Waals surface area (Å²) < 4.78 is 0. The highest BCUT2D eigenvalue weighted by Crippen LogP contribution is 2.36. The van der Waals surface area contributed by atoms with Gasteiger partial charge in [-0.3, -0.25) is 9.69 Å². The Bertz CT molecular complexity index is 862. The van der Waals surface area contributed by atoms with Gasteiger partial charge >= 0.3 is 0 Å². The van der Waals surface area contributed by atoms with Gasteiger partial charge in [-0.15, -0.1) is 11.8 Å². The number of amides is 1. The Hall–Kier alpha value is -1.78. The zero-order valence-electron chi connectivity index (χ0n) is 17.7. The lowest BCUT2D eigenvalue weighted by atomic mass is 9.86. The van der Waals surface area contributed by atoms with Gasteiger partial charge in [0.1, 0.15) is 0 Å². The molecule has 0 fully saturated rings. The number of carbonyl (C=O) groups excluding carboxylic acids is 1. The van der Waals surface area contributed by atoms with Gasteiger partial charge in [0.05, 0.1) is 0 Å². The largest absolute Gasteiger partial charge is 0.326 e. The van der Waals surface area contributed by atoms with E-state index in [0.29, 0.717) is 6.04 Å². The smallest absolute Gasteiger partial charge is 0.221 e. The van der Waals surface area contributed by atoms with Gasteiger partial charge in [0.15, 0.2) is 0 Å². The van der Waals surface area contributed by atoms with E-state index in [9.17, 15) is 4.79 Å². The maximum atomic E-state index is 11.2. The molecule has 0 spiro atoms. The summed E-state index contributed by atoms with van der Waals surface area (Å²) in [7, 11) is 0. The van der Waals surface area contributed by atoms with Crippen LogP contribution in [0.25, 0.3) is 0 Å². The number of rotatable bonds is 7. The Kier molecular flexibility index (Phi) is 6.61. The SMILES string of the molecule is CCCN(CCc1ccc(NC(C)=O)cc1)C1CCc2cc3c(cc2C1)SCC3. The standard InChI is InChI=1S/C25H32N2OS/c1-3-12-27(13-10-19-4-7-23(8-5-19)26-18(2)28)24-9-6-20-15-21-11-14-29-25(21)17-22(20)16-24/h4-5,7-8,15,17,24H,3,6,9-14,16H2,1-2H3,(H,26,28). The van der Waals surface area contributed by atoms with Gasteiger partial charge in [0, 0.05) is 35.8 Å². The lowest BCUT2D eigenvalue weighted by Crippen LogP contribution is -2.41. The van der Waals surface area contributed by atoms with Crippen LogP contribution in [0.4, 0.5) is 5.69 Å². The number of carbonyl (C=O) groups is 1. The highest BCUT2D eigenvalue weighted by Gasteiger charge is 2.25. The van der Waals surface area contributed by atoms with Crippen molar-refractivity contribution in [2.24, 2.45) is 0 Å². The van der Waals surface area contributed by atoms with Gasteiger partial charge in [-0.25, -0.2) is 0 Å². The summed E-state index contributed by atoms with van der Waals surface area (Å²) in [6.45, 7) is 6.11. The lowest BCUT2D eigenvalue weighted by Gasteiger charge is -2.35. The molecule has 3 nitrogen and oxygen atoms in total. The molecular weight excluding hydrogens is 376 g/mol. The van der Waals surface area contributed by atoms with E-state index < -0.39 is 0 Å². The minimum Gasteiger partial charge on any atom is -0.326 e. The van der Waals surface area contributed by atoms with Crippen molar-refractivity contribution in [2.75, 3.05) is 24.2 Å². The second-order valence-corrected chi connectivity index (χ2v) is 9.52. The van der Waals surface area contributed by atoms with E-state index in [0.717, 1.165) is 18.7 Å². The number of hydrogen-bond donors (Lipinski definition) is 1. The van der Waals surface area contributed by atoms with Crippen LogP contribution in [0.5, 0.6) is 0 Å². The third-order valence-electron chi connectivity index (χ3n) is 6.20. The maximum absolute atomic E-state index is 11.2. The van der Waals surface area contributed by atoms with Gasteiger partial charge in [0.25, 0.3) is 0 Å². The molecule has 0 radical (unpaired) electrons. The molecule has 154 valence electrons. The van der Waals surface area contributed by atoms with Crippen molar-refractivity contribution < 1.29 is 4.79 Å². The third-order valence-corrected chi connectivity index (χ3v) is 7.30. The van der Waals surface area contributed by atoms with Crippen LogP contribution in [0.15, 0.2) is 41.3 Å². The number of aryl methyl sites for hydroxylation is 2. The zero-order chi connectivity index (χ0) is 20.2. The van der Waals surface area contributed by atoms with Gasteiger partial charge < -0.3 is 5.32 Å². The first-order valence-electron chi connectivity index (χ1n) is 11.0. The lowest BCUT2D eigenvalue weighted by molar-refractivity contribution is -0.114. The Morgan fingerprint density at radius 3 is 2.69 bits per heavy atom. The predicted octanol–water partition coefficient (Wildman–Crippen LogP) is 5.11. The fraction of sp³-hybridized carbons (Fsp3) is 0.480. The van der Waals surface area contributed by atoms with Crippen LogP contribution in [-0.4, -0.2) is 35.7 Å². The van der Waals surface area contributed by atoms with Crippen LogP contribution < -0.4 is 5.32 Å². The van der Waals surface area contributed by atoms with Crippen LogP contribution in [0, 0.1) is 0 Å². The molecule has 1 unspecified atom stereocenters. The van der Waals surface area contributed by atoms with Gasteiger partial charge in [0.2, 0.25) is 5.91 Å². The minimum absolute atomic E-state index is 0.0199. The average molecular weight is 409 g/mol. The zero-order valence-corrected chi connectivity index (χ0v) is 18.5. The third kappa shape index (κ3) is 5.04. The summed E-state index contributed by atoms with van der Waals surface area (Å²) in [5.74, 6) is 1.23. The number of hydrogen-bond acceptors (Lipinski definition) is 3. The molecule has 1 heterocycles. The van der Waals surface area contributed by atoms with Crippen molar-refractivity contribution in [3.8, 4) is 0 Å². The number of benzene rings is 2. The van der Waals surface area contributed by atoms with Crippen LogP contribution >= 0.6 is 11.8 Å². The molecule has 4 rings (SSSR count). The summed E-state index contributed by atoms with van der Waals surface area (Å²) >= 11 is 2.03. The first kappa shape index (κ1) is 20.5. The molecule has 1 amide bonds. The quantitative estimate of drug-likeness (QED) is 0.691. The summed E-state index contributed by atoms with van der Waals surface area (Å²) in [5, 5.41) is 2.84. The second kappa shape index (κ2) is 9.36. The molecule has 1 N–H and O–H groups in total. The molecule has 1 aliphatic carbocycles. The van der Waals surface area contributed by atoms with Crippen molar-refractivity contribution in [3.63, 3.8) is 0 Å². The first-order chi connectivity index (χ1) is 14.1. The highest BCUT2D eigenvalue weighted by atomic mass is 32.2. The summed E-state index contributed by atoms with van der Waals surface area (Å²) in [5.41, 5.74) is 6.99. The van der Waals surface area contributed by atoms with Crippen LogP contribution in [0.1, 0.15) is 48.9 Å². The predicted molar refractivity (Wildman–Crippen MR) is 123 cm³/mol. The van der Waals surface area contributed by atoms with Gasteiger partial charge in [-0.1, -0.05) is 25.1 Å². The summed E-state index contributed by atoms with van der Waals surface area (Å²) in [4.78, 5) is 15.4. The Morgan fingerprint density at radius 2 is 1.93 bits per heavy atom. The van der Waals surface area contributed by atoms with Gasteiger partial charge in [-0.05, 0) is 85.5 Å². The van der Waals surface area contributed by atoms with E-state index in [1.807, 2.05) is 23.9 Å².